The molecule has 0 amide bonds. The van der Waals surface area contributed by atoms with Crippen LogP contribution in [0.25, 0.3) is 0 Å². The monoisotopic (exact) mass is 428 g/mol. The van der Waals surface area contributed by atoms with E-state index in [4.69, 9.17) is 9.47 Å². The minimum atomic E-state index is -3.88. The van der Waals surface area contributed by atoms with Crippen molar-refractivity contribution in [1.29, 1.82) is 0 Å². The molecule has 0 aliphatic heterocycles. The second-order valence-electron chi connectivity index (χ2n) is 6.63. The summed E-state index contributed by atoms with van der Waals surface area (Å²) in [7, 11) is -0.715. The molecule has 0 aliphatic rings. The van der Waals surface area contributed by atoms with Crippen LogP contribution in [0.5, 0.6) is 11.5 Å². The number of aromatic nitrogens is 1. The van der Waals surface area contributed by atoms with Crippen LogP contribution in [0.2, 0.25) is 0 Å². The second kappa shape index (κ2) is 9.71. The molecule has 0 spiro atoms. The highest BCUT2D eigenvalue weighted by molar-refractivity contribution is 7.89. The third-order valence-electron chi connectivity index (χ3n) is 4.62. The molecule has 8 heteroatoms. The third-order valence-corrected chi connectivity index (χ3v) is 6.33. The van der Waals surface area contributed by atoms with Gasteiger partial charge in [-0.05, 0) is 47.0 Å². The molecular formula is C22H24N2O5S. The molecule has 0 aliphatic carbocycles. The quantitative estimate of drug-likeness (QED) is 0.564. The number of rotatable bonds is 9. The van der Waals surface area contributed by atoms with E-state index in [1.165, 1.54) is 16.6 Å². The van der Waals surface area contributed by atoms with Gasteiger partial charge < -0.3 is 14.6 Å². The molecule has 3 aromatic rings. The number of hydrogen-bond acceptors (Lipinski definition) is 6. The third kappa shape index (κ3) is 5.15. The van der Waals surface area contributed by atoms with E-state index in [0.717, 1.165) is 11.1 Å². The van der Waals surface area contributed by atoms with Crippen LogP contribution in [0.15, 0.2) is 71.9 Å². The Kier molecular flexibility index (Phi) is 7.04. The van der Waals surface area contributed by atoms with Crippen molar-refractivity contribution < 1.29 is 23.0 Å². The lowest BCUT2D eigenvalue weighted by Gasteiger charge is -2.22. The average Bonchev–Trinajstić information content (AvgIpc) is 2.79. The average molecular weight is 429 g/mol. The predicted octanol–water partition coefficient (Wildman–Crippen LogP) is 2.98. The Morgan fingerprint density at radius 2 is 1.27 bits per heavy atom. The van der Waals surface area contributed by atoms with Gasteiger partial charge in [0.1, 0.15) is 11.5 Å². The number of methoxy groups -OCH3 is 2. The van der Waals surface area contributed by atoms with Crippen LogP contribution in [-0.4, -0.2) is 37.0 Å². The highest BCUT2D eigenvalue weighted by Gasteiger charge is 2.26. The van der Waals surface area contributed by atoms with E-state index in [1.807, 2.05) is 24.3 Å². The van der Waals surface area contributed by atoms with Gasteiger partial charge in [0.05, 0.1) is 20.8 Å². The zero-order chi connectivity index (χ0) is 21.6. The van der Waals surface area contributed by atoms with Crippen molar-refractivity contribution in [3.8, 4) is 11.5 Å². The largest absolute Gasteiger partial charge is 0.497 e. The molecule has 2 aromatic carbocycles. The van der Waals surface area contributed by atoms with E-state index in [2.05, 4.69) is 4.98 Å². The molecule has 0 fully saturated rings. The molecule has 1 N–H and O–H groups in total. The zero-order valence-electron chi connectivity index (χ0n) is 16.9. The summed E-state index contributed by atoms with van der Waals surface area (Å²) in [6, 6.07) is 17.5. The number of aliphatic hydroxyl groups is 1. The highest BCUT2D eigenvalue weighted by Crippen LogP contribution is 2.22. The maximum absolute atomic E-state index is 13.3. The van der Waals surface area contributed by atoms with Crippen molar-refractivity contribution >= 4 is 10.0 Å². The summed E-state index contributed by atoms with van der Waals surface area (Å²) in [6.07, 6.45) is 1.37. The molecule has 0 atom stereocenters. The van der Waals surface area contributed by atoms with Crippen LogP contribution in [0.3, 0.4) is 0 Å². The lowest BCUT2D eigenvalue weighted by molar-refractivity contribution is 0.281. The van der Waals surface area contributed by atoms with Crippen LogP contribution >= 0.6 is 0 Å². The van der Waals surface area contributed by atoms with Gasteiger partial charge in [0.2, 0.25) is 0 Å². The summed E-state index contributed by atoms with van der Waals surface area (Å²) in [6.45, 7) is 0.137. The fourth-order valence-electron chi connectivity index (χ4n) is 2.88. The Morgan fingerprint density at radius 3 is 1.63 bits per heavy atom. The molecule has 3 rings (SSSR count). The lowest BCUT2D eigenvalue weighted by Crippen LogP contribution is -2.31. The Hall–Kier alpha value is -2.94. The fraction of sp³-hybridized carbons (Fsp3) is 0.227. The SMILES string of the molecule is COc1ccc(CN(Cc2ccc(OC)cc2)S(=O)(=O)c2ccc(CO)cn2)cc1. The van der Waals surface area contributed by atoms with Crippen LogP contribution in [0.1, 0.15) is 16.7 Å². The number of hydrogen-bond donors (Lipinski definition) is 1. The van der Waals surface area contributed by atoms with Crippen LogP contribution < -0.4 is 9.47 Å². The molecule has 0 unspecified atom stereocenters. The van der Waals surface area contributed by atoms with Gasteiger partial charge in [-0.25, -0.2) is 13.4 Å². The zero-order valence-corrected chi connectivity index (χ0v) is 17.7. The van der Waals surface area contributed by atoms with Crippen molar-refractivity contribution in [2.45, 2.75) is 24.7 Å². The summed E-state index contributed by atoms with van der Waals surface area (Å²) in [5, 5.41) is 9.13. The Labute approximate surface area is 176 Å². The number of benzene rings is 2. The lowest BCUT2D eigenvalue weighted by atomic mass is 10.2. The molecule has 30 heavy (non-hydrogen) atoms. The molecule has 0 saturated carbocycles. The van der Waals surface area contributed by atoms with Gasteiger partial charge in [0.15, 0.2) is 5.03 Å². The van der Waals surface area contributed by atoms with E-state index in [-0.39, 0.29) is 24.7 Å². The highest BCUT2D eigenvalue weighted by atomic mass is 32.2. The summed E-state index contributed by atoms with van der Waals surface area (Å²) in [5.41, 5.74) is 2.19. The van der Waals surface area contributed by atoms with E-state index in [9.17, 15) is 13.5 Å². The van der Waals surface area contributed by atoms with Gasteiger partial charge in [-0.2, -0.15) is 4.31 Å². The van der Waals surface area contributed by atoms with Gasteiger partial charge >= 0.3 is 0 Å². The van der Waals surface area contributed by atoms with Gasteiger partial charge in [-0.3, -0.25) is 0 Å². The normalized spacial score (nSPS) is 11.5. The first-order valence-corrected chi connectivity index (χ1v) is 10.7. The van der Waals surface area contributed by atoms with Crippen molar-refractivity contribution in [3.63, 3.8) is 0 Å². The van der Waals surface area contributed by atoms with E-state index >= 15 is 0 Å². The smallest absolute Gasteiger partial charge is 0.261 e. The Bertz CT molecular complexity index is 1000. The number of pyridine rings is 1. The van der Waals surface area contributed by atoms with Gasteiger partial charge in [-0.1, -0.05) is 30.3 Å². The first-order valence-electron chi connectivity index (χ1n) is 9.28. The minimum Gasteiger partial charge on any atom is -0.497 e. The molecule has 7 nitrogen and oxygen atoms in total. The van der Waals surface area contributed by atoms with E-state index in [1.54, 1.807) is 44.6 Å². The molecular weight excluding hydrogens is 404 g/mol. The summed E-state index contributed by atoms with van der Waals surface area (Å²) < 4.78 is 38.4. The van der Waals surface area contributed by atoms with Gasteiger partial charge in [0, 0.05) is 19.3 Å². The first-order chi connectivity index (χ1) is 14.5. The molecule has 0 radical (unpaired) electrons. The fourth-order valence-corrected chi connectivity index (χ4v) is 4.21. The Morgan fingerprint density at radius 1 is 0.800 bits per heavy atom. The first kappa shape index (κ1) is 21.8. The molecule has 1 heterocycles. The molecule has 0 saturated heterocycles. The standard InChI is InChI=1S/C22H24N2O5S/c1-28-20-8-3-17(4-9-20)14-24(15-18-5-10-21(29-2)11-6-18)30(26,27)22-12-7-19(16-25)13-23-22/h3-13,25H,14-16H2,1-2H3. The molecule has 1 aromatic heterocycles. The second-order valence-corrected chi connectivity index (χ2v) is 8.52. The molecule has 158 valence electrons. The van der Waals surface area contributed by atoms with E-state index < -0.39 is 10.0 Å². The predicted molar refractivity (Wildman–Crippen MR) is 113 cm³/mol. The number of ether oxygens (including phenoxy) is 2. The van der Waals surface area contributed by atoms with E-state index in [0.29, 0.717) is 17.1 Å². The van der Waals surface area contributed by atoms with Gasteiger partial charge in [0.25, 0.3) is 10.0 Å². The maximum Gasteiger partial charge on any atom is 0.261 e. The maximum atomic E-state index is 13.3. The topological polar surface area (TPSA) is 89.0 Å². The minimum absolute atomic E-state index is 0.0678. The number of aliphatic hydroxyl groups excluding tert-OH is 1. The van der Waals surface area contributed by atoms with Gasteiger partial charge in [-0.15, -0.1) is 0 Å². The summed E-state index contributed by atoms with van der Waals surface area (Å²) in [4.78, 5) is 4.05. The van der Waals surface area contributed by atoms with Crippen LogP contribution in [0.4, 0.5) is 0 Å². The molecule has 0 bridgehead atoms. The van der Waals surface area contributed by atoms with Crippen molar-refractivity contribution in [2.75, 3.05) is 14.2 Å². The van der Waals surface area contributed by atoms with Crippen LogP contribution in [0, 0.1) is 0 Å². The number of nitrogens with zero attached hydrogens (tertiary/aromatic N) is 2. The van der Waals surface area contributed by atoms with Crippen LogP contribution in [-0.2, 0) is 29.7 Å². The Balaban J connectivity index is 1.93. The van der Waals surface area contributed by atoms with Crippen molar-refractivity contribution in [3.05, 3.63) is 83.6 Å². The van der Waals surface area contributed by atoms with Crippen molar-refractivity contribution in [1.82, 2.24) is 9.29 Å². The summed E-state index contributed by atoms with van der Waals surface area (Å²) >= 11 is 0. The van der Waals surface area contributed by atoms with Crippen molar-refractivity contribution in [2.24, 2.45) is 0 Å². The number of sulfonamides is 1. The summed E-state index contributed by atoms with van der Waals surface area (Å²) in [5.74, 6) is 1.40.